The Labute approximate surface area is 100 Å². The molecular formula is C12H15N3O2. The summed E-state index contributed by atoms with van der Waals surface area (Å²) in [5.74, 6) is -0.825. The van der Waals surface area contributed by atoms with Crippen LogP contribution >= 0.6 is 0 Å². The number of nitriles is 1. The molecule has 0 aromatic carbocycles. The lowest BCUT2D eigenvalue weighted by molar-refractivity contribution is -0.147. The zero-order valence-electron chi connectivity index (χ0n) is 9.90. The number of aliphatic carboxylic acids is 1. The number of aromatic nitrogens is 1. The van der Waals surface area contributed by atoms with E-state index < -0.39 is 11.4 Å². The van der Waals surface area contributed by atoms with E-state index in [1.807, 2.05) is 13.0 Å². The lowest BCUT2D eigenvalue weighted by Gasteiger charge is -2.23. The van der Waals surface area contributed by atoms with Gasteiger partial charge in [0.15, 0.2) is 0 Å². The molecule has 0 radical (unpaired) electrons. The molecule has 0 spiro atoms. The topological polar surface area (TPSA) is 86.0 Å². The summed E-state index contributed by atoms with van der Waals surface area (Å²) in [4.78, 5) is 15.0. The number of pyridine rings is 1. The smallest absolute Gasteiger partial charge is 0.311 e. The van der Waals surface area contributed by atoms with Gasteiger partial charge in [-0.05, 0) is 25.5 Å². The summed E-state index contributed by atoms with van der Waals surface area (Å²) in [5, 5.41) is 20.7. The lowest BCUT2D eigenvalue weighted by Crippen LogP contribution is -2.34. The quantitative estimate of drug-likeness (QED) is 0.810. The van der Waals surface area contributed by atoms with Crippen molar-refractivity contribution in [2.24, 2.45) is 5.41 Å². The Balaban J connectivity index is 2.67. The lowest BCUT2D eigenvalue weighted by atomic mass is 9.87. The zero-order valence-corrected chi connectivity index (χ0v) is 9.90. The van der Waals surface area contributed by atoms with Crippen LogP contribution < -0.4 is 5.32 Å². The highest BCUT2D eigenvalue weighted by Gasteiger charge is 2.30. The molecule has 2 N–H and O–H groups in total. The maximum Gasteiger partial charge on any atom is 0.311 e. The molecule has 0 aliphatic heterocycles. The summed E-state index contributed by atoms with van der Waals surface area (Å²) < 4.78 is 0. The highest BCUT2D eigenvalue weighted by Crippen LogP contribution is 2.22. The predicted octanol–water partition coefficient (Wildman–Crippen LogP) is 1.87. The van der Waals surface area contributed by atoms with Crippen molar-refractivity contribution in [3.8, 4) is 6.07 Å². The van der Waals surface area contributed by atoms with Crippen molar-refractivity contribution in [1.29, 1.82) is 5.26 Å². The van der Waals surface area contributed by atoms with E-state index in [0.717, 1.165) is 0 Å². The van der Waals surface area contributed by atoms with Gasteiger partial charge in [0.25, 0.3) is 0 Å². The van der Waals surface area contributed by atoms with Gasteiger partial charge < -0.3 is 10.4 Å². The van der Waals surface area contributed by atoms with Crippen LogP contribution in [0.25, 0.3) is 0 Å². The van der Waals surface area contributed by atoms with Crippen LogP contribution in [0.4, 0.5) is 5.69 Å². The minimum absolute atomic E-state index is 0.326. The van der Waals surface area contributed by atoms with E-state index in [1.54, 1.807) is 19.1 Å². The summed E-state index contributed by atoms with van der Waals surface area (Å²) in [6.07, 6.45) is 2.07. The minimum Gasteiger partial charge on any atom is -0.481 e. The van der Waals surface area contributed by atoms with Gasteiger partial charge in [-0.2, -0.15) is 5.26 Å². The van der Waals surface area contributed by atoms with Crippen molar-refractivity contribution in [1.82, 2.24) is 4.98 Å². The minimum atomic E-state index is -0.825. The van der Waals surface area contributed by atoms with Crippen LogP contribution in [0, 0.1) is 16.7 Å². The largest absolute Gasteiger partial charge is 0.481 e. The molecule has 1 atom stereocenters. The second-order valence-electron chi connectivity index (χ2n) is 4.12. The van der Waals surface area contributed by atoms with E-state index in [9.17, 15) is 4.79 Å². The van der Waals surface area contributed by atoms with E-state index in [4.69, 9.17) is 10.4 Å². The molecule has 1 heterocycles. The molecule has 1 aromatic rings. The maximum absolute atomic E-state index is 11.1. The van der Waals surface area contributed by atoms with Gasteiger partial charge in [-0.3, -0.25) is 4.79 Å². The molecule has 1 aromatic heterocycles. The number of carboxylic acid groups (broad SMARTS) is 1. The van der Waals surface area contributed by atoms with E-state index in [2.05, 4.69) is 10.3 Å². The standard InChI is InChI=1S/C12H15N3O2/c1-3-12(2,11(16)17)8-15-10-5-4-9(6-13)14-7-10/h4-5,7,15H,3,8H2,1-2H3,(H,16,17). The number of rotatable bonds is 5. The van der Waals surface area contributed by atoms with E-state index in [-0.39, 0.29) is 0 Å². The summed E-state index contributed by atoms with van der Waals surface area (Å²) in [6, 6.07) is 5.22. The molecule has 5 nitrogen and oxygen atoms in total. The van der Waals surface area contributed by atoms with Gasteiger partial charge in [-0.1, -0.05) is 6.92 Å². The number of carboxylic acids is 1. The third-order valence-electron chi connectivity index (χ3n) is 2.86. The van der Waals surface area contributed by atoms with Crippen molar-refractivity contribution in [3.05, 3.63) is 24.0 Å². The molecule has 1 rings (SSSR count). The third kappa shape index (κ3) is 3.18. The number of nitrogens with one attached hydrogen (secondary N) is 1. The fourth-order valence-corrected chi connectivity index (χ4v) is 1.21. The van der Waals surface area contributed by atoms with Gasteiger partial charge in [0.05, 0.1) is 17.3 Å². The normalized spacial score (nSPS) is 13.5. The molecule has 0 amide bonds. The van der Waals surface area contributed by atoms with Gasteiger partial charge in [0.1, 0.15) is 11.8 Å². The number of hydrogen-bond acceptors (Lipinski definition) is 4. The van der Waals surface area contributed by atoms with Gasteiger partial charge in [-0.15, -0.1) is 0 Å². The average molecular weight is 233 g/mol. The summed E-state index contributed by atoms with van der Waals surface area (Å²) in [5.41, 5.74) is 0.255. The fraction of sp³-hybridized carbons (Fsp3) is 0.417. The van der Waals surface area contributed by atoms with Crippen LogP contribution in [-0.2, 0) is 4.79 Å². The number of carbonyl (C=O) groups is 1. The highest BCUT2D eigenvalue weighted by molar-refractivity contribution is 5.75. The molecule has 5 heteroatoms. The summed E-state index contributed by atoms with van der Waals surface area (Å²) >= 11 is 0. The van der Waals surface area contributed by atoms with Gasteiger partial charge in [0.2, 0.25) is 0 Å². The Morgan fingerprint density at radius 2 is 2.35 bits per heavy atom. The Kier molecular flexibility index (Phi) is 4.05. The number of nitrogens with zero attached hydrogens (tertiary/aromatic N) is 2. The fourth-order valence-electron chi connectivity index (χ4n) is 1.21. The zero-order chi connectivity index (χ0) is 12.9. The Morgan fingerprint density at radius 1 is 1.65 bits per heavy atom. The number of hydrogen-bond donors (Lipinski definition) is 2. The van der Waals surface area contributed by atoms with Crippen LogP contribution in [0.15, 0.2) is 18.3 Å². The molecule has 90 valence electrons. The molecule has 17 heavy (non-hydrogen) atoms. The number of anilines is 1. The Hall–Kier alpha value is -2.09. The van der Waals surface area contributed by atoms with E-state index >= 15 is 0 Å². The average Bonchev–Trinajstić information content (AvgIpc) is 2.36. The molecule has 0 aliphatic carbocycles. The van der Waals surface area contributed by atoms with Gasteiger partial charge in [0, 0.05) is 6.54 Å². The Morgan fingerprint density at radius 3 is 2.76 bits per heavy atom. The van der Waals surface area contributed by atoms with Gasteiger partial charge >= 0.3 is 5.97 Å². The molecule has 0 saturated heterocycles. The monoisotopic (exact) mass is 233 g/mol. The molecule has 0 bridgehead atoms. The molecule has 0 fully saturated rings. The van der Waals surface area contributed by atoms with Crippen LogP contribution in [0.3, 0.4) is 0 Å². The van der Waals surface area contributed by atoms with Crippen molar-refractivity contribution in [2.75, 3.05) is 11.9 Å². The van der Waals surface area contributed by atoms with E-state index in [0.29, 0.717) is 24.3 Å². The second-order valence-corrected chi connectivity index (χ2v) is 4.12. The van der Waals surface area contributed by atoms with Crippen LogP contribution in [-0.4, -0.2) is 22.6 Å². The molecule has 1 unspecified atom stereocenters. The Bertz CT molecular complexity index is 436. The van der Waals surface area contributed by atoms with Gasteiger partial charge in [-0.25, -0.2) is 4.98 Å². The first kappa shape index (κ1) is 13.0. The van der Waals surface area contributed by atoms with Crippen LogP contribution in [0.2, 0.25) is 0 Å². The van der Waals surface area contributed by atoms with Crippen LogP contribution in [0.5, 0.6) is 0 Å². The third-order valence-corrected chi connectivity index (χ3v) is 2.86. The van der Waals surface area contributed by atoms with Crippen molar-refractivity contribution in [2.45, 2.75) is 20.3 Å². The molecule has 0 saturated carbocycles. The first-order valence-corrected chi connectivity index (χ1v) is 5.35. The summed E-state index contributed by atoms with van der Waals surface area (Å²) in [7, 11) is 0. The maximum atomic E-state index is 11.1. The van der Waals surface area contributed by atoms with Crippen molar-refractivity contribution >= 4 is 11.7 Å². The highest BCUT2D eigenvalue weighted by atomic mass is 16.4. The van der Waals surface area contributed by atoms with Crippen molar-refractivity contribution in [3.63, 3.8) is 0 Å². The SMILES string of the molecule is CCC(C)(CNc1ccc(C#N)nc1)C(=O)O. The molecule has 0 aliphatic rings. The first-order chi connectivity index (χ1) is 8.01. The first-order valence-electron chi connectivity index (χ1n) is 5.35. The van der Waals surface area contributed by atoms with Crippen molar-refractivity contribution < 1.29 is 9.90 Å². The van der Waals surface area contributed by atoms with E-state index in [1.165, 1.54) is 6.20 Å². The second kappa shape index (κ2) is 5.30. The molecular weight excluding hydrogens is 218 g/mol. The van der Waals surface area contributed by atoms with Crippen LogP contribution in [0.1, 0.15) is 26.0 Å². The summed E-state index contributed by atoms with van der Waals surface area (Å²) in [6.45, 7) is 3.86. The predicted molar refractivity (Wildman–Crippen MR) is 63.5 cm³/mol.